The molecule has 92 valence electrons. The Morgan fingerprint density at radius 1 is 1.41 bits per heavy atom. The molecule has 1 aromatic rings. The predicted molar refractivity (Wildman–Crippen MR) is 72.1 cm³/mol. The van der Waals surface area contributed by atoms with Crippen LogP contribution in [0.1, 0.15) is 18.9 Å². The number of hydrogen-bond acceptors (Lipinski definition) is 2. The number of sulfonamides is 1. The molecule has 3 nitrogen and oxygen atoms in total. The van der Waals surface area contributed by atoms with Crippen molar-refractivity contribution >= 4 is 26.0 Å². The van der Waals surface area contributed by atoms with Crippen LogP contribution in [0.5, 0.6) is 0 Å². The molecular weight excluding hydrogens is 302 g/mol. The quantitative estimate of drug-likeness (QED) is 0.685. The Hall–Kier alpha value is -0.830. The molecule has 0 aliphatic rings. The highest BCUT2D eigenvalue weighted by molar-refractivity contribution is 9.10. The van der Waals surface area contributed by atoms with Crippen molar-refractivity contribution in [3.05, 3.63) is 28.2 Å². The van der Waals surface area contributed by atoms with Crippen molar-refractivity contribution in [3.63, 3.8) is 0 Å². The second kappa shape index (κ2) is 6.20. The third-order valence-corrected chi connectivity index (χ3v) is 4.53. The van der Waals surface area contributed by atoms with Crippen LogP contribution < -0.4 is 4.72 Å². The first kappa shape index (κ1) is 14.2. The third-order valence-electron chi connectivity index (χ3n) is 2.10. The van der Waals surface area contributed by atoms with Gasteiger partial charge in [0, 0.05) is 17.4 Å². The molecule has 0 aliphatic carbocycles. The van der Waals surface area contributed by atoms with Gasteiger partial charge in [-0.1, -0.05) is 6.07 Å². The average Bonchev–Trinajstić information content (AvgIpc) is 2.24. The molecule has 0 atom stereocenters. The standard InChI is InChI=1S/C12H14BrNO2S/c1-3-4-5-8-14-17(15,16)12-7-6-10(2)9-11(12)13/h6-7,9,14H,5,8H2,1-2H3. The molecule has 1 N–H and O–H groups in total. The van der Waals surface area contributed by atoms with Gasteiger partial charge < -0.3 is 0 Å². The maximum Gasteiger partial charge on any atom is 0.241 e. The van der Waals surface area contributed by atoms with Crippen LogP contribution in [0.3, 0.4) is 0 Å². The lowest BCUT2D eigenvalue weighted by Crippen LogP contribution is -2.24. The van der Waals surface area contributed by atoms with Crippen LogP contribution in [0.15, 0.2) is 27.6 Å². The zero-order valence-corrected chi connectivity index (χ0v) is 12.2. The Morgan fingerprint density at radius 3 is 2.71 bits per heavy atom. The van der Waals surface area contributed by atoms with Gasteiger partial charge in [0.15, 0.2) is 0 Å². The number of aryl methyl sites for hydroxylation is 1. The molecule has 0 unspecified atom stereocenters. The van der Waals surface area contributed by atoms with Crippen LogP contribution >= 0.6 is 15.9 Å². The van der Waals surface area contributed by atoms with Crippen molar-refractivity contribution in [1.29, 1.82) is 0 Å². The number of halogens is 1. The van der Waals surface area contributed by atoms with Gasteiger partial charge in [0.1, 0.15) is 0 Å². The molecule has 1 rings (SSSR count). The van der Waals surface area contributed by atoms with Crippen LogP contribution in [-0.2, 0) is 10.0 Å². The van der Waals surface area contributed by atoms with Gasteiger partial charge in [0.2, 0.25) is 10.0 Å². The Bertz CT molecular complexity index is 556. The average molecular weight is 316 g/mol. The van der Waals surface area contributed by atoms with Crippen LogP contribution in [0, 0.1) is 18.8 Å². The third kappa shape index (κ3) is 4.15. The molecule has 0 amide bonds. The molecule has 0 saturated carbocycles. The second-order valence-corrected chi connectivity index (χ2v) is 6.10. The molecule has 0 saturated heterocycles. The number of rotatable bonds is 4. The first-order valence-electron chi connectivity index (χ1n) is 5.13. The van der Waals surface area contributed by atoms with Crippen LogP contribution in [0.4, 0.5) is 0 Å². The summed E-state index contributed by atoms with van der Waals surface area (Å²) in [6.45, 7) is 3.96. The summed E-state index contributed by atoms with van der Waals surface area (Å²) >= 11 is 3.26. The van der Waals surface area contributed by atoms with E-state index in [1.807, 2.05) is 6.92 Å². The molecule has 0 aromatic heterocycles. The summed E-state index contributed by atoms with van der Waals surface area (Å²) in [4.78, 5) is 0.257. The topological polar surface area (TPSA) is 46.2 Å². The second-order valence-electron chi connectivity index (χ2n) is 3.51. The minimum Gasteiger partial charge on any atom is -0.210 e. The zero-order valence-electron chi connectivity index (χ0n) is 9.75. The van der Waals surface area contributed by atoms with E-state index < -0.39 is 10.0 Å². The summed E-state index contributed by atoms with van der Waals surface area (Å²) in [6, 6.07) is 5.14. The van der Waals surface area contributed by atoms with Gasteiger partial charge >= 0.3 is 0 Å². The largest absolute Gasteiger partial charge is 0.241 e. The molecule has 0 spiro atoms. The highest BCUT2D eigenvalue weighted by Crippen LogP contribution is 2.22. The Labute approximate surface area is 111 Å². The smallest absolute Gasteiger partial charge is 0.210 e. The van der Waals surface area contributed by atoms with E-state index in [1.165, 1.54) is 0 Å². The Balaban J connectivity index is 2.85. The summed E-state index contributed by atoms with van der Waals surface area (Å²) in [7, 11) is -3.45. The van der Waals surface area contributed by atoms with Crippen LogP contribution in [-0.4, -0.2) is 15.0 Å². The fraction of sp³-hybridized carbons (Fsp3) is 0.333. The lowest BCUT2D eigenvalue weighted by molar-refractivity contribution is 0.582. The fourth-order valence-electron chi connectivity index (χ4n) is 1.27. The molecular formula is C12H14BrNO2S. The van der Waals surface area contributed by atoms with E-state index in [-0.39, 0.29) is 4.90 Å². The summed E-state index contributed by atoms with van der Waals surface area (Å²) in [5.41, 5.74) is 1.01. The van der Waals surface area contributed by atoms with Crippen LogP contribution in [0.2, 0.25) is 0 Å². The monoisotopic (exact) mass is 315 g/mol. The highest BCUT2D eigenvalue weighted by Gasteiger charge is 2.16. The molecule has 0 heterocycles. The zero-order chi connectivity index (χ0) is 12.9. The van der Waals surface area contributed by atoms with E-state index >= 15 is 0 Å². The first-order chi connectivity index (χ1) is 7.97. The summed E-state index contributed by atoms with van der Waals surface area (Å²) in [5.74, 6) is 5.53. The van der Waals surface area contributed by atoms with Gasteiger partial charge in [-0.2, -0.15) is 0 Å². The predicted octanol–water partition coefficient (Wildman–Crippen LogP) is 2.45. The van der Waals surface area contributed by atoms with Gasteiger partial charge in [-0.05, 0) is 47.5 Å². The van der Waals surface area contributed by atoms with Crippen molar-refractivity contribution in [2.24, 2.45) is 0 Å². The van der Waals surface area contributed by atoms with Crippen molar-refractivity contribution in [1.82, 2.24) is 4.72 Å². The van der Waals surface area contributed by atoms with Gasteiger partial charge in [0.05, 0.1) is 4.90 Å². The SMILES string of the molecule is CC#CCCNS(=O)(=O)c1ccc(C)cc1Br. The minimum atomic E-state index is -3.45. The number of hydrogen-bond donors (Lipinski definition) is 1. The molecule has 0 fully saturated rings. The van der Waals surface area contributed by atoms with E-state index in [0.717, 1.165) is 5.56 Å². The Morgan fingerprint density at radius 2 is 2.12 bits per heavy atom. The summed E-state index contributed by atoms with van der Waals surface area (Å²) in [6.07, 6.45) is 0.513. The normalized spacial score (nSPS) is 10.8. The minimum absolute atomic E-state index is 0.257. The molecule has 0 bridgehead atoms. The number of nitrogens with one attached hydrogen (secondary N) is 1. The van der Waals surface area contributed by atoms with E-state index in [4.69, 9.17) is 0 Å². The lowest BCUT2D eigenvalue weighted by Gasteiger charge is -2.07. The summed E-state index contributed by atoms with van der Waals surface area (Å²) in [5, 5.41) is 0. The lowest BCUT2D eigenvalue weighted by atomic mass is 10.2. The highest BCUT2D eigenvalue weighted by atomic mass is 79.9. The molecule has 0 aliphatic heterocycles. The maximum absolute atomic E-state index is 11.9. The molecule has 17 heavy (non-hydrogen) atoms. The molecule has 0 radical (unpaired) electrons. The van der Waals surface area contributed by atoms with E-state index in [9.17, 15) is 8.42 Å². The molecule has 1 aromatic carbocycles. The van der Waals surface area contributed by atoms with Gasteiger partial charge in [-0.15, -0.1) is 11.8 Å². The van der Waals surface area contributed by atoms with Crippen molar-refractivity contribution in [2.75, 3.05) is 6.54 Å². The van der Waals surface area contributed by atoms with E-state index in [0.29, 0.717) is 17.4 Å². The summed E-state index contributed by atoms with van der Waals surface area (Å²) < 4.78 is 27.0. The van der Waals surface area contributed by atoms with E-state index in [1.54, 1.807) is 25.1 Å². The van der Waals surface area contributed by atoms with Crippen molar-refractivity contribution in [3.8, 4) is 11.8 Å². The van der Waals surface area contributed by atoms with Gasteiger partial charge in [-0.25, -0.2) is 13.1 Å². The molecule has 5 heteroatoms. The number of benzene rings is 1. The van der Waals surface area contributed by atoms with Crippen molar-refractivity contribution < 1.29 is 8.42 Å². The first-order valence-corrected chi connectivity index (χ1v) is 7.40. The van der Waals surface area contributed by atoms with Gasteiger partial charge in [0.25, 0.3) is 0 Å². The fourth-order valence-corrected chi connectivity index (χ4v) is 3.50. The Kier molecular flexibility index (Phi) is 5.19. The van der Waals surface area contributed by atoms with Crippen LogP contribution in [0.25, 0.3) is 0 Å². The van der Waals surface area contributed by atoms with Gasteiger partial charge in [-0.3, -0.25) is 0 Å². The maximum atomic E-state index is 11.9. The van der Waals surface area contributed by atoms with E-state index in [2.05, 4.69) is 32.5 Å². The van der Waals surface area contributed by atoms with Crippen molar-refractivity contribution in [2.45, 2.75) is 25.2 Å².